The van der Waals surface area contributed by atoms with Gasteiger partial charge in [-0.2, -0.15) is 0 Å². The van der Waals surface area contributed by atoms with E-state index in [2.05, 4.69) is 115 Å². The SMILES string of the molecule is C1=C[SiH](c2cccc3cc4ccc5cc6cc7ccccc7cc6cc5c4cc23)C=C1. The van der Waals surface area contributed by atoms with Crippen LogP contribution in [0.5, 0.6) is 0 Å². The molecular weight excluding hydrogens is 388 g/mol. The number of rotatable bonds is 1. The van der Waals surface area contributed by atoms with Crippen molar-refractivity contribution < 1.29 is 0 Å². The maximum atomic E-state index is 2.45. The summed E-state index contributed by atoms with van der Waals surface area (Å²) in [6, 6.07) is 34.2. The van der Waals surface area contributed by atoms with Gasteiger partial charge in [0.05, 0.1) is 0 Å². The van der Waals surface area contributed by atoms with Gasteiger partial charge in [0, 0.05) is 0 Å². The first-order chi connectivity index (χ1) is 15.3. The van der Waals surface area contributed by atoms with Crippen molar-refractivity contribution in [1.29, 1.82) is 0 Å². The van der Waals surface area contributed by atoms with Crippen LogP contribution in [-0.4, -0.2) is 8.80 Å². The Bertz CT molecular complexity index is 1720. The van der Waals surface area contributed by atoms with Crippen molar-refractivity contribution in [2.24, 2.45) is 0 Å². The van der Waals surface area contributed by atoms with Crippen LogP contribution >= 0.6 is 0 Å². The first-order valence-corrected chi connectivity index (χ1v) is 12.8. The Morgan fingerprint density at radius 2 is 0.935 bits per heavy atom. The fraction of sp³-hybridized carbons (Fsp3) is 0. The highest BCUT2D eigenvalue weighted by atomic mass is 28.3. The minimum atomic E-state index is -1.16. The molecule has 0 radical (unpaired) electrons. The van der Waals surface area contributed by atoms with Gasteiger partial charge in [0.25, 0.3) is 0 Å². The maximum Gasteiger partial charge on any atom is 0.118 e. The van der Waals surface area contributed by atoms with Crippen LogP contribution in [0.2, 0.25) is 0 Å². The third kappa shape index (κ3) is 2.60. The summed E-state index contributed by atoms with van der Waals surface area (Å²) in [5.41, 5.74) is 4.83. The monoisotopic (exact) mass is 408 g/mol. The second-order valence-electron chi connectivity index (χ2n) is 8.62. The Morgan fingerprint density at radius 1 is 0.387 bits per heavy atom. The molecule has 0 aromatic heterocycles. The zero-order valence-corrected chi connectivity index (χ0v) is 18.2. The molecule has 0 atom stereocenters. The van der Waals surface area contributed by atoms with Crippen LogP contribution in [0.4, 0.5) is 0 Å². The van der Waals surface area contributed by atoms with Gasteiger partial charge in [-0.25, -0.2) is 0 Å². The molecule has 0 N–H and O–H groups in total. The average Bonchev–Trinajstić information content (AvgIpc) is 3.34. The molecular formula is C30H20Si. The largest absolute Gasteiger partial charge is 0.118 e. The number of allylic oxidation sites excluding steroid dienone is 2. The van der Waals surface area contributed by atoms with Gasteiger partial charge in [-0.05, 0) is 95.4 Å². The van der Waals surface area contributed by atoms with Crippen molar-refractivity contribution in [3.05, 3.63) is 115 Å². The van der Waals surface area contributed by atoms with E-state index < -0.39 is 8.80 Å². The van der Waals surface area contributed by atoms with Crippen molar-refractivity contribution in [2.75, 3.05) is 0 Å². The van der Waals surface area contributed by atoms with Crippen LogP contribution in [0.15, 0.2) is 115 Å². The molecule has 0 amide bonds. The minimum absolute atomic E-state index is 1.16. The summed E-state index contributed by atoms with van der Waals surface area (Å²) in [5.74, 6) is 0. The first-order valence-electron chi connectivity index (χ1n) is 10.9. The third-order valence-electron chi connectivity index (χ3n) is 6.80. The van der Waals surface area contributed by atoms with E-state index in [4.69, 9.17) is 0 Å². The van der Waals surface area contributed by atoms with Crippen molar-refractivity contribution in [3.8, 4) is 0 Å². The van der Waals surface area contributed by atoms with Crippen LogP contribution < -0.4 is 5.19 Å². The molecule has 0 saturated carbocycles. The fourth-order valence-electron chi connectivity index (χ4n) is 5.23. The summed E-state index contributed by atoms with van der Waals surface area (Å²) in [7, 11) is -1.16. The van der Waals surface area contributed by atoms with Crippen LogP contribution in [0.3, 0.4) is 0 Å². The lowest BCUT2D eigenvalue weighted by Crippen LogP contribution is -2.25. The molecule has 7 rings (SSSR count). The highest BCUT2D eigenvalue weighted by Crippen LogP contribution is 2.33. The minimum Gasteiger partial charge on any atom is -0.0893 e. The quantitative estimate of drug-likeness (QED) is 0.155. The summed E-state index contributed by atoms with van der Waals surface area (Å²) >= 11 is 0. The Kier molecular flexibility index (Phi) is 3.52. The topological polar surface area (TPSA) is 0 Å². The number of hydrogen-bond acceptors (Lipinski definition) is 0. The Hall–Kier alpha value is -3.68. The number of benzene rings is 6. The number of fused-ring (bicyclic) bond motifs is 6. The first kappa shape index (κ1) is 17.0. The summed E-state index contributed by atoms with van der Waals surface area (Å²) < 4.78 is 0. The van der Waals surface area contributed by atoms with E-state index in [1.54, 1.807) is 0 Å². The van der Waals surface area contributed by atoms with Crippen molar-refractivity contribution in [2.45, 2.75) is 0 Å². The summed E-state index contributed by atoms with van der Waals surface area (Å²) in [5, 5.41) is 14.8. The van der Waals surface area contributed by atoms with E-state index in [1.165, 1.54) is 59.0 Å². The van der Waals surface area contributed by atoms with Gasteiger partial charge in [0.1, 0.15) is 8.80 Å². The van der Waals surface area contributed by atoms with E-state index >= 15 is 0 Å². The third-order valence-corrected chi connectivity index (χ3v) is 9.29. The lowest BCUT2D eigenvalue weighted by Gasteiger charge is -2.13. The molecule has 0 bridgehead atoms. The van der Waals surface area contributed by atoms with Gasteiger partial charge in [-0.3, -0.25) is 0 Å². The molecule has 0 saturated heterocycles. The Balaban J connectivity index is 1.57. The van der Waals surface area contributed by atoms with Crippen molar-refractivity contribution in [3.63, 3.8) is 0 Å². The van der Waals surface area contributed by atoms with Crippen LogP contribution in [0, 0.1) is 0 Å². The lowest BCUT2D eigenvalue weighted by molar-refractivity contribution is 1.79. The van der Waals surface area contributed by atoms with Crippen LogP contribution in [0.25, 0.3) is 53.9 Å². The standard InChI is InChI=1S/C30H20Si/c1-2-7-21-15-26-18-27-24(17-25(26)14-20(21)6-1)11-10-23-16-22-8-5-9-30(29(22)19-28(23)27)31-12-3-4-13-31/h1-19,31H. The number of hydrogen-bond donors (Lipinski definition) is 0. The van der Waals surface area contributed by atoms with E-state index in [-0.39, 0.29) is 0 Å². The molecule has 0 spiro atoms. The Labute approximate surface area is 182 Å². The van der Waals surface area contributed by atoms with Gasteiger partial charge in [-0.15, -0.1) is 0 Å². The normalized spacial score (nSPS) is 14.1. The fourth-order valence-corrected chi connectivity index (χ4v) is 7.45. The predicted molar refractivity (Wildman–Crippen MR) is 139 cm³/mol. The molecule has 1 aliphatic rings. The summed E-state index contributed by atoms with van der Waals surface area (Å²) in [4.78, 5) is 0. The van der Waals surface area contributed by atoms with Gasteiger partial charge >= 0.3 is 0 Å². The van der Waals surface area contributed by atoms with Crippen molar-refractivity contribution >= 4 is 67.8 Å². The second-order valence-corrected chi connectivity index (χ2v) is 11.1. The predicted octanol–water partition coefficient (Wildman–Crippen LogP) is 7.09. The molecule has 0 nitrogen and oxygen atoms in total. The molecule has 0 fully saturated rings. The highest BCUT2D eigenvalue weighted by molar-refractivity contribution is 6.84. The van der Waals surface area contributed by atoms with Gasteiger partial charge in [0.15, 0.2) is 0 Å². The molecule has 0 unspecified atom stereocenters. The molecule has 1 heteroatoms. The van der Waals surface area contributed by atoms with Gasteiger partial charge in [-0.1, -0.05) is 78.1 Å². The van der Waals surface area contributed by atoms with E-state index in [0.717, 1.165) is 0 Å². The van der Waals surface area contributed by atoms with Crippen molar-refractivity contribution in [1.82, 2.24) is 0 Å². The van der Waals surface area contributed by atoms with E-state index in [9.17, 15) is 0 Å². The molecule has 144 valence electrons. The van der Waals surface area contributed by atoms with E-state index in [1.807, 2.05) is 0 Å². The van der Waals surface area contributed by atoms with E-state index in [0.29, 0.717) is 0 Å². The molecule has 1 aliphatic heterocycles. The molecule has 6 aromatic carbocycles. The molecule has 1 heterocycles. The summed E-state index contributed by atoms with van der Waals surface area (Å²) in [6.07, 6.45) is 4.42. The van der Waals surface area contributed by atoms with Crippen LogP contribution in [-0.2, 0) is 0 Å². The molecule has 0 aliphatic carbocycles. The Morgan fingerprint density at radius 3 is 1.68 bits per heavy atom. The van der Waals surface area contributed by atoms with Gasteiger partial charge < -0.3 is 0 Å². The lowest BCUT2D eigenvalue weighted by atomic mass is 9.95. The maximum absolute atomic E-state index is 2.45. The molecule has 6 aromatic rings. The summed E-state index contributed by atoms with van der Waals surface area (Å²) in [6.45, 7) is 0. The highest BCUT2D eigenvalue weighted by Gasteiger charge is 2.14. The van der Waals surface area contributed by atoms with Gasteiger partial charge in [0.2, 0.25) is 0 Å². The zero-order chi connectivity index (χ0) is 20.4. The average molecular weight is 409 g/mol. The van der Waals surface area contributed by atoms with Crippen LogP contribution in [0.1, 0.15) is 0 Å². The molecule has 31 heavy (non-hydrogen) atoms. The second kappa shape index (κ2) is 6.41. The zero-order valence-electron chi connectivity index (χ0n) is 17.0. The smallest absolute Gasteiger partial charge is 0.0893 e.